The summed E-state index contributed by atoms with van der Waals surface area (Å²) in [7, 11) is 0. The number of carbonyl (C=O) groups excluding carboxylic acids is 1. The molecule has 1 aliphatic carbocycles. The molecule has 0 aliphatic heterocycles. The molecule has 0 radical (unpaired) electrons. The number of Topliss-reactive ketones (excluding diaryl/α,β-unsaturated/α-hetero) is 1. The van der Waals surface area contributed by atoms with Crippen LogP contribution in [0.15, 0.2) is 12.2 Å². The van der Waals surface area contributed by atoms with E-state index >= 15 is 0 Å². The third-order valence-corrected chi connectivity index (χ3v) is 5.43. The van der Waals surface area contributed by atoms with E-state index in [0.717, 1.165) is 42.9 Å². The smallest absolute Gasteiger partial charge is 0.158 e. The predicted octanol–water partition coefficient (Wildman–Crippen LogP) is 6.34. The Morgan fingerprint density at radius 2 is 1.74 bits per heavy atom. The summed E-state index contributed by atoms with van der Waals surface area (Å²) in [6.45, 7) is 10.5. The van der Waals surface area contributed by atoms with E-state index in [2.05, 4.69) is 27.4 Å². The Kier molecular flexibility index (Phi) is 9.43. The first-order valence-electron chi connectivity index (χ1n) is 9.74. The van der Waals surface area contributed by atoms with Crippen LogP contribution in [0.5, 0.6) is 0 Å². The van der Waals surface area contributed by atoms with E-state index < -0.39 is 0 Å². The van der Waals surface area contributed by atoms with Gasteiger partial charge in [-0.2, -0.15) is 0 Å². The summed E-state index contributed by atoms with van der Waals surface area (Å²) in [6.07, 6.45) is 12.1. The molecule has 0 amide bonds. The normalized spacial score (nSPS) is 21.4. The van der Waals surface area contributed by atoms with Gasteiger partial charge in [0, 0.05) is 12.1 Å². The lowest BCUT2D eigenvalue weighted by Crippen LogP contribution is -2.21. The van der Waals surface area contributed by atoms with Gasteiger partial charge >= 0.3 is 0 Å². The Balaban J connectivity index is 2.30. The highest BCUT2D eigenvalue weighted by atomic mass is 16.1. The van der Waals surface area contributed by atoms with Crippen LogP contribution in [0.4, 0.5) is 0 Å². The van der Waals surface area contributed by atoms with Gasteiger partial charge in [0.15, 0.2) is 5.78 Å². The van der Waals surface area contributed by atoms with Gasteiger partial charge in [0.05, 0.1) is 0 Å². The van der Waals surface area contributed by atoms with Gasteiger partial charge in [-0.3, -0.25) is 4.79 Å². The second-order valence-electron chi connectivity index (χ2n) is 7.71. The van der Waals surface area contributed by atoms with Crippen molar-refractivity contribution in [1.29, 1.82) is 5.41 Å². The van der Waals surface area contributed by atoms with Crippen LogP contribution in [-0.2, 0) is 4.79 Å². The van der Waals surface area contributed by atoms with E-state index in [4.69, 9.17) is 5.41 Å². The maximum absolute atomic E-state index is 12.3. The van der Waals surface area contributed by atoms with Crippen molar-refractivity contribution in [3.05, 3.63) is 12.2 Å². The van der Waals surface area contributed by atoms with Crippen LogP contribution >= 0.6 is 0 Å². The molecule has 0 aromatic rings. The average molecular weight is 320 g/mol. The average Bonchev–Trinajstić information content (AvgIpc) is 2.53. The second-order valence-corrected chi connectivity index (χ2v) is 7.71. The zero-order valence-corrected chi connectivity index (χ0v) is 15.6. The quantitative estimate of drug-likeness (QED) is 0.269. The molecule has 0 saturated heterocycles. The minimum absolute atomic E-state index is 0.266. The van der Waals surface area contributed by atoms with Crippen LogP contribution in [0, 0.1) is 23.2 Å². The Bertz CT molecular complexity index is 395. The van der Waals surface area contributed by atoms with E-state index in [0.29, 0.717) is 18.3 Å². The second kappa shape index (κ2) is 10.8. The van der Waals surface area contributed by atoms with Crippen LogP contribution in [-0.4, -0.2) is 11.5 Å². The van der Waals surface area contributed by atoms with Crippen LogP contribution in [0.1, 0.15) is 91.4 Å². The molecule has 1 N–H and O–H groups in total. The summed E-state index contributed by atoms with van der Waals surface area (Å²) in [5.74, 6) is 2.10. The molecule has 2 atom stereocenters. The summed E-state index contributed by atoms with van der Waals surface area (Å²) >= 11 is 0. The molecule has 0 heterocycles. The minimum Gasteiger partial charge on any atom is -0.309 e. The third kappa shape index (κ3) is 7.46. The number of carbonyl (C=O) groups is 1. The summed E-state index contributed by atoms with van der Waals surface area (Å²) in [6, 6.07) is 0. The number of nitrogens with one attached hydrogen (secondary N) is 1. The van der Waals surface area contributed by atoms with Crippen molar-refractivity contribution >= 4 is 11.5 Å². The van der Waals surface area contributed by atoms with Crippen LogP contribution in [0.25, 0.3) is 0 Å². The Morgan fingerprint density at radius 3 is 2.35 bits per heavy atom. The summed E-state index contributed by atoms with van der Waals surface area (Å²) < 4.78 is 0. The van der Waals surface area contributed by atoms with E-state index in [1.54, 1.807) is 0 Å². The molecule has 0 bridgehead atoms. The molecular formula is C21H37NO. The first-order valence-corrected chi connectivity index (χ1v) is 9.74. The fourth-order valence-electron chi connectivity index (χ4n) is 3.80. The van der Waals surface area contributed by atoms with Gasteiger partial charge in [-0.15, -0.1) is 0 Å². The van der Waals surface area contributed by atoms with Gasteiger partial charge in [0.1, 0.15) is 0 Å². The molecule has 0 aromatic heterocycles. The maximum atomic E-state index is 12.3. The van der Waals surface area contributed by atoms with Gasteiger partial charge in [-0.1, -0.05) is 59.5 Å². The van der Waals surface area contributed by atoms with Gasteiger partial charge in [0.2, 0.25) is 0 Å². The zero-order valence-electron chi connectivity index (χ0n) is 15.6. The minimum atomic E-state index is 0.266. The lowest BCUT2D eigenvalue weighted by molar-refractivity contribution is -0.116. The number of hydrogen-bond acceptors (Lipinski definition) is 2. The number of ketones is 1. The Hall–Kier alpha value is -0.920. The summed E-state index contributed by atoms with van der Waals surface area (Å²) in [5, 5.41) is 7.84. The molecule has 1 aliphatic rings. The highest BCUT2D eigenvalue weighted by molar-refractivity contribution is 5.94. The van der Waals surface area contributed by atoms with Crippen molar-refractivity contribution in [2.45, 2.75) is 91.4 Å². The lowest BCUT2D eigenvalue weighted by Gasteiger charge is -2.31. The Morgan fingerprint density at radius 1 is 1.13 bits per heavy atom. The molecule has 2 heteroatoms. The monoisotopic (exact) mass is 319 g/mol. The van der Waals surface area contributed by atoms with Crippen LogP contribution in [0.3, 0.4) is 0 Å². The Labute approximate surface area is 143 Å². The van der Waals surface area contributed by atoms with E-state index in [1.807, 2.05) is 0 Å². The molecule has 1 rings (SSSR count). The number of hydrogen-bond donors (Lipinski definition) is 1. The largest absolute Gasteiger partial charge is 0.309 e. The highest BCUT2D eigenvalue weighted by Gasteiger charge is 2.25. The van der Waals surface area contributed by atoms with Gasteiger partial charge in [-0.05, 0) is 55.4 Å². The van der Waals surface area contributed by atoms with E-state index in [9.17, 15) is 4.79 Å². The van der Waals surface area contributed by atoms with Crippen LogP contribution < -0.4 is 0 Å². The van der Waals surface area contributed by atoms with Crippen molar-refractivity contribution in [2.75, 3.05) is 0 Å². The number of allylic oxidation sites excluding steroid dienone is 1. The van der Waals surface area contributed by atoms with Crippen molar-refractivity contribution in [2.24, 2.45) is 17.8 Å². The zero-order chi connectivity index (χ0) is 17.2. The third-order valence-electron chi connectivity index (χ3n) is 5.43. The van der Waals surface area contributed by atoms with Crippen molar-refractivity contribution in [1.82, 2.24) is 0 Å². The first kappa shape index (κ1) is 20.1. The molecule has 2 unspecified atom stereocenters. The standard InChI is InChI=1S/C21H37NO/c1-5-10-18-11-6-7-12-19(18)15-17(4)21(23)14-9-8-13-20(22)16(2)3/h16,18-19,22H,4-15H2,1-3H3. The van der Waals surface area contributed by atoms with Crippen molar-refractivity contribution in [3.8, 4) is 0 Å². The summed E-state index contributed by atoms with van der Waals surface area (Å²) in [4.78, 5) is 12.3. The molecule has 1 fully saturated rings. The van der Waals surface area contributed by atoms with E-state index in [1.165, 1.54) is 38.5 Å². The molecule has 23 heavy (non-hydrogen) atoms. The van der Waals surface area contributed by atoms with Gasteiger partial charge in [-0.25, -0.2) is 0 Å². The fourth-order valence-corrected chi connectivity index (χ4v) is 3.80. The van der Waals surface area contributed by atoms with Crippen molar-refractivity contribution < 1.29 is 4.79 Å². The molecule has 0 aromatic carbocycles. The van der Waals surface area contributed by atoms with Gasteiger partial charge < -0.3 is 5.41 Å². The molecule has 1 saturated carbocycles. The first-order chi connectivity index (χ1) is 11.0. The topological polar surface area (TPSA) is 40.9 Å². The summed E-state index contributed by atoms with van der Waals surface area (Å²) in [5.41, 5.74) is 1.66. The van der Waals surface area contributed by atoms with Crippen molar-refractivity contribution in [3.63, 3.8) is 0 Å². The molecule has 132 valence electrons. The predicted molar refractivity (Wildman–Crippen MR) is 100 cm³/mol. The fraction of sp³-hybridized carbons (Fsp3) is 0.810. The molecular weight excluding hydrogens is 282 g/mol. The molecule has 0 spiro atoms. The number of unbranched alkanes of at least 4 members (excludes halogenated alkanes) is 1. The number of rotatable bonds is 11. The van der Waals surface area contributed by atoms with Crippen LogP contribution in [0.2, 0.25) is 0 Å². The maximum Gasteiger partial charge on any atom is 0.158 e. The highest BCUT2D eigenvalue weighted by Crippen LogP contribution is 2.37. The van der Waals surface area contributed by atoms with E-state index in [-0.39, 0.29) is 5.78 Å². The molecule has 2 nitrogen and oxygen atoms in total. The lowest BCUT2D eigenvalue weighted by atomic mass is 9.74. The SMILES string of the molecule is C=C(CC1CCCCC1CCC)C(=O)CCCCC(=N)C(C)C. The van der Waals surface area contributed by atoms with Gasteiger partial charge in [0.25, 0.3) is 0 Å².